The van der Waals surface area contributed by atoms with Crippen molar-refractivity contribution in [3.8, 4) is 11.8 Å². The fourth-order valence-electron chi connectivity index (χ4n) is 3.98. The van der Waals surface area contributed by atoms with E-state index in [1.165, 1.54) is 30.4 Å². The van der Waals surface area contributed by atoms with Gasteiger partial charge in [0.1, 0.15) is 11.3 Å². The van der Waals surface area contributed by atoms with Crippen molar-refractivity contribution in [2.45, 2.75) is 51.5 Å². The number of rotatable bonds is 1. The van der Waals surface area contributed by atoms with Gasteiger partial charge in [-0.3, -0.25) is 4.90 Å². The maximum absolute atomic E-state index is 10.1. The number of benzene rings is 1. The first kappa shape index (κ1) is 14.4. The van der Waals surface area contributed by atoms with E-state index < -0.39 is 5.54 Å². The normalized spacial score (nSPS) is 26.3. The van der Waals surface area contributed by atoms with E-state index in [4.69, 9.17) is 4.74 Å². The Balaban J connectivity index is 2.15. The van der Waals surface area contributed by atoms with Crippen LogP contribution in [-0.4, -0.2) is 24.6 Å². The quantitative estimate of drug-likeness (QED) is 0.789. The van der Waals surface area contributed by atoms with E-state index in [2.05, 4.69) is 36.9 Å². The van der Waals surface area contributed by atoms with Crippen molar-refractivity contribution in [3.05, 3.63) is 28.8 Å². The molecule has 1 aromatic carbocycles. The van der Waals surface area contributed by atoms with Gasteiger partial charge in [-0.15, -0.1) is 0 Å². The summed E-state index contributed by atoms with van der Waals surface area (Å²) >= 11 is 0. The SMILES string of the molecule is Cc1cc(C)c2c(c1)OCCCC2(C#N)N1CCCCC1. The van der Waals surface area contributed by atoms with Gasteiger partial charge in [-0.2, -0.15) is 5.26 Å². The molecule has 2 aliphatic heterocycles. The van der Waals surface area contributed by atoms with Crippen molar-refractivity contribution in [1.29, 1.82) is 5.26 Å². The molecule has 3 rings (SSSR count). The van der Waals surface area contributed by atoms with Crippen LogP contribution in [0.1, 0.15) is 48.8 Å². The highest BCUT2D eigenvalue weighted by atomic mass is 16.5. The van der Waals surface area contributed by atoms with Gasteiger partial charge in [0.25, 0.3) is 0 Å². The van der Waals surface area contributed by atoms with Crippen molar-refractivity contribution in [2.75, 3.05) is 19.7 Å². The summed E-state index contributed by atoms with van der Waals surface area (Å²) in [7, 11) is 0. The van der Waals surface area contributed by atoms with Crippen LogP contribution >= 0.6 is 0 Å². The number of nitriles is 1. The zero-order chi connectivity index (χ0) is 14.9. The van der Waals surface area contributed by atoms with E-state index in [9.17, 15) is 5.26 Å². The summed E-state index contributed by atoms with van der Waals surface area (Å²) in [6.07, 6.45) is 5.50. The predicted molar refractivity (Wildman–Crippen MR) is 83.4 cm³/mol. The molecule has 0 aliphatic carbocycles. The number of fused-ring (bicyclic) bond motifs is 1. The molecule has 0 aromatic heterocycles. The Morgan fingerprint density at radius 3 is 2.62 bits per heavy atom. The Hall–Kier alpha value is -1.53. The van der Waals surface area contributed by atoms with Crippen LogP contribution in [0, 0.1) is 25.2 Å². The van der Waals surface area contributed by atoms with Gasteiger partial charge in [0, 0.05) is 5.56 Å². The molecule has 112 valence electrons. The summed E-state index contributed by atoms with van der Waals surface area (Å²) in [5, 5.41) is 10.1. The molecule has 2 aliphatic rings. The smallest absolute Gasteiger partial charge is 0.138 e. The molecule has 0 bridgehead atoms. The van der Waals surface area contributed by atoms with Gasteiger partial charge in [-0.1, -0.05) is 12.5 Å². The molecule has 0 amide bonds. The highest BCUT2D eigenvalue weighted by Crippen LogP contribution is 2.44. The highest BCUT2D eigenvalue weighted by molar-refractivity contribution is 5.51. The average molecular weight is 284 g/mol. The fraction of sp³-hybridized carbons (Fsp3) is 0.611. The number of ether oxygens (including phenoxy) is 1. The van der Waals surface area contributed by atoms with E-state index in [-0.39, 0.29) is 0 Å². The molecule has 1 aromatic rings. The van der Waals surface area contributed by atoms with Crippen LogP contribution in [0.15, 0.2) is 12.1 Å². The maximum atomic E-state index is 10.1. The van der Waals surface area contributed by atoms with Gasteiger partial charge in [0.2, 0.25) is 0 Å². The first-order valence-corrected chi connectivity index (χ1v) is 8.08. The number of nitrogens with zero attached hydrogens (tertiary/aromatic N) is 2. The monoisotopic (exact) mass is 284 g/mol. The molecule has 2 heterocycles. The Bertz CT molecular complexity index is 569. The molecular weight excluding hydrogens is 260 g/mol. The molecule has 1 atom stereocenters. The minimum Gasteiger partial charge on any atom is -0.493 e. The van der Waals surface area contributed by atoms with E-state index in [1.807, 2.05) is 0 Å². The molecule has 0 spiro atoms. The first-order chi connectivity index (χ1) is 10.2. The van der Waals surface area contributed by atoms with Crippen LogP contribution in [0.5, 0.6) is 5.75 Å². The minimum atomic E-state index is -0.496. The largest absolute Gasteiger partial charge is 0.493 e. The third-order valence-electron chi connectivity index (χ3n) is 4.88. The lowest BCUT2D eigenvalue weighted by atomic mass is 9.81. The zero-order valence-corrected chi connectivity index (χ0v) is 13.1. The molecule has 1 unspecified atom stereocenters. The lowest BCUT2D eigenvalue weighted by molar-refractivity contribution is 0.101. The summed E-state index contributed by atoms with van der Waals surface area (Å²) in [6, 6.07) is 6.97. The van der Waals surface area contributed by atoms with Crippen molar-refractivity contribution < 1.29 is 4.74 Å². The van der Waals surface area contributed by atoms with Crippen molar-refractivity contribution in [3.63, 3.8) is 0 Å². The van der Waals surface area contributed by atoms with Gasteiger partial charge < -0.3 is 4.74 Å². The summed E-state index contributed by atoms with van der Waals surface area (Å²) in [6.45, 7) is 6.99. The van der Waals surface area contributed by atoms with E-state index >= 15 is 0 Å². The van der Waals surface area contributed by atoms with Gasteiger partial charge in [0.05, 0.1) is 12.7 Å². The first-order valence-electron chi connectivity index (χ1n) is 8.08. The Labute approximate surface area is 127 Å². The van der Waals surface area contributed by atoms with Crippen LogP contribution < -0.4 is 4.74 Å². The van der Waals surface area contributed by atoms with Crippen LogP contribution in [0.4, 0.5) is 0 Å². The molecule has 3 heteroatoms. The number of hydrogen-bond acceptors (Lipinski definition) is 3. The van der Waals surface area contributed by atoms with Crippen LogP contribution in [-0.2, 0) is 5.54 Å². The molecule has 1 saturated heterocycles. The van der Waals surface area contributed by atoms with Crippen molar-refractivity contribution >= 4 is 0 Å². The summed E-state index contributed by atoms with van der Waals surface area (Å²) in [4.78, 5) is 2.41. The van der Waals surface area contributed by atoms with E-state index in [1.54, 1.807) is 0 Å². The third-order valence-corrected chi connectivity index (χ3v) is 4.88. The third kappa shape index (κ3) is 2.42. The lowest BCUT2D eigenvalue weighted by Crippen LogP contribution is -2.48. The maximum Gasteiger partial charge on any atom is 0.138 e. The van der Waals surface area contributed by atoms with Gasteiger partial charge in [-0.25, -0.2) is 0 Å². The molecule has 1 fully saturated rings. The second-order valence-electron chi connectivity index (χ2n) is 6.43. The van der Waals surface area contributed by atoms with Gasteiger partial charge in [0.15, 0.2) is 0 Å². The van der Waals surface area contributed by atoms with E-state index in [0.29, 0.717) is 6.61 Å². The number of aryl methyl sites for hydroxylation is 2. The molecule has 0 N–H and O–H groups in total. The highest BCUT2D eigenvalue weighted by Gasteiger charge is 2.43. The standard InChI is InChI=1S/C18H24N2O/c1-14-11-15(2)17-16(12-14)21-10-6-7-18(17,13-19)20-8-4-3-5-9-20/h11-12H,3-10H2,1-2H3. The Kier molecular flexibility index (Phi) is 3.91. The van der Waals surface area contributed by atoms with Crippen molar-refractivity contribution in [1.82, 2.24) is 4.90 Å². The molecule has 0 radical (unpaired) electrons. The summed E-state index contributed by atoms with van der Waals surface area (Å²) in [5.41, 5.74) is 3.02. The zero-order valence-electron chi connectivity index (χ0n) is 13.1. The molecule has 21 heavy (non-hydrogen) atoms. The van der Waals surface area contributed by atoms with Crippen LogP contribution in [0.3, 0.4) is 0 Å². The van der Waals surface area contributed by atoms with Crippen LogP contribution in [0.25, 0.3) is 0 Å². The van der Waals surface area contributed by atoms with Gasteiger partial charge >= 0.3 is 0 Å². The van der Waals surface area contributed by atoms with Crippen molar-refractivity contribution in [2.24, 2.45) is 0 Å². The topological polar surface area (TPSA) is 36.3 Å². The fourth-order valence-corrected chi connectivity index (χ4v) is 3.98. The predicted octanol–water partition coefficient (Wildman–Crippen LogP) is 3.68. The van der Waals surface area contributed by atoms with E-state index in [0.717, 1.165) is 37.2 Å². The second-order valence-corrected chi connectivity index (χ2v) is 6.43. The number of piperidine rings is 1. The average Bonchev–Trinajstić information content (AvgIpc) is 2.68. The molecule has 3 nitrogen and oxygen atoms in total. The Morgan fingerprint density at radius 2 is 1.90 bits per heavy atom. The second kappa shape index (κ2) is 5.69. The Morgan fingerprint density at radius 1 is 1.14 bits per heavy atom. The summed E-state index contributed by atoms with van der Waals surface area (Å²) < 4.78 is 5.98. The molecular formula is C18H24N2O. The number of likely N-dealkylation sites (tertiary alicyclic amines) is 1. The molecule has 0 saturated carbocycles. The summed E-state index contributed by atoms with van der Waals surface area (Å²) in [5.74, 6) is 0.928. The number of hydrogen-bond donors (Lipinski definition) is 0. The van der Waals surface area contributed by atoms with Gasteiger partial charge in [-0.05, 0) is 69.8 Å². The van der Waals surface area contributed by atoms with Crippen LogP contribution in [0.2, 0.25) is 0 Å². The minimum absolute atomic E-state index is 0.496. The lowest BCUT2D eigenvalue weighted by Gasteiger charge is -2.41.